The minimum Gasteiger partial charge on any atom is -0.494 e. The van der Waals surface area contributed by atoms with Crippen molar-refractivity contribution < 1.29 is 17.9 Å². The first-order valence-corrected chi connectivity index (χ1v) is 10.6. The van der Waals surface area contributed by atoms with Crippen molar-refractivity contribution in [1.29, 1.82) is 0 Å². The number of sulfonamides is 1. The summed E-state index contributed by atoms with van der Waals surface area (Å²) in [6, 6.07) is 14.0. The summed E-state index contributed by atoms with van der Waals surface area (Å²) < 4.78 is 32.3. The maximum Gasteiger partial charge on any atom is 0.240 e. The van der Waals surface area contributed by atoms with Crippen LogP contribution in [0.3, 0.4) is 0 Å². The molecule has 0 fully saturated rings. The molecule has 8 heteroatoms. The normalized spacial score (nSPS) is 11.1. The third-order valence-corrected chi connectivity index (χ3v) is 5.51. The number of ether oxygens (including phenoxy) is 1. The molecule has 2 rings (SSSR count). The lowest BCUT2D eigenvalue weighted by atomic mass is 10.2. The Labute approximate surface area is 166 Å². The predicted molar refractivity (Wildman–Crippen MR) is 110 cm³/mol. The number of benzene rings is 2. The molecule has 0 aromatic heterocycles. The number of amides is 1. The van der Waals surface area contributed by atoms with E-state index in [0.717, 1.165) is 11.3 Å². The van der Waals surface area contributed by atoms with Crippen molar-refractivity contribution in [2.45, 2.75) is 24.8 Å². The van der Waals surface area contributed by atoms with E-state index in [1.807, 2.05) is 50.2 Å². The van der Waals surface area contributed by atoms with E-state index in [2.05, 4.69) is 10.0 Å². The second-order valence-corrected chi connectivity index (χ2v) is 8.16. The third kappa shape index (κ3) is 6.54. The molecule has 0 saturated heterocycles. The van der Waals surface area contributed by atoms with Crippen molar-refractivity contribution in [1.82, 2.24) is 10.0 Å². The molecule has 0 saturated carbocycles. The molecule has 2 N–H and O–H groups in total. The monoisotopic (exact) mass is 405 g/mol. The van der Waals surface area contributed by atoms with Crippen LogP contribution in [0.15, 0.2) is 53.4 Å². The highest BCUT2D eigenvalue weighted by Gasteiger charge is 2.14. The van der Waals surface area contributed by atoms with E-state index in [1.54, 1.807) is 12.1 Å². The number of hydrogen-bond acceptors (Lipinski definition) is 5. The fourth-order valence-corrected chi connectivity index (χ4v) is 3.50. The summed E-state index contributed by atoms with van der Waals surface area (Å²) in [7, 11) is 0.269. The molecule has 0 spiro atoms. The van der Waals surface area contributed by atoms with Gasteiger partial charge in [0, 0.05) is 39.3 Å². The van der Waals surface area contributed by atoms with Crippen LogP contribution in [0.1, 0.15) is 18.9 Å². The molecule has 0 aliphatic carbocycles. The average molecular weight is 406 g/mol. The molecule has 7 nitrogen and oxygen atoms in total. The number of rotatable bonds is 10. The highest BCUT2D eigenvalue weighted by molar-refractivity contribution is 7.89. The maximum atomic E-state index is 12.3. The largest absolute Gasteiger partial charge is 0.494 e. The Kier molecular flexibility index (Phi) is 7.83. The number of carbonyl (C=O) groups excluding carboxylic acids is 1. The summed E-state index contributed by atoms with van der Waals surface area (Å²) in [5, 5.41) is 2.79. The minimum absolute atomic E-state index is 0.0287. The molecule has 0 aliphatic rings. The molecule has 1 amide bonds. The van der Waals surface area contributed by atoms with Gasteiger partial charge in [0.25, 0.3) is 0 Å². The predicted octanol–water partition coefficient (Wildman–Crippen LogP) is 2.14. The van der Waals surface area contributed by atoms with Crippen molar-refractivity contribution in [2.24, 2.45) is 0 Å². The van der Waals surface area contributed by atoms with Gasteiger partial charge in [0.15, 0.2) is 0 Å². The summed E-state index contributed by atoms with van der Waals surface area (Å²) >= 11 is 0. The van der Waals surface area contributed by atoms with Gasteiger partial charge in [-0.2, -0.15) is 0 Å². The van der Waals surface area contributed by atoms with Gasteiger partial charge in [0.2, 0.25) is 15.9 Å². The number of anilines is 1. The lowest BCUT2D eigenvalue weighted by Gasteiger charge is -2.13. The van der Waals surface area contributed by atoms with Crippen molar-refractivity contribution in [3.05, 3.63) is 54.1 Å². The van der Waals surface area contributed by atoms with Crippen molar-refractivity contribution in [3.8, 4) is 5.75 Å². The third-order valence-electron chi connectivity index (χ3n) is 4.03. The van der Waals surface area contributed by atoms with Gasteiger partial charge in [-0.3, -0.25) is 4.79 Å². The van der Waals surface area contributed by atoms with Crippen LogP contribution in [0.5, 0.6) is 5.75 Å². The van der Waals surface area contributed by atoms with Gasteiger partial charge in [0.1, 0.15) is 5.75 Å². The second-order valence-electron chi connectivity index (χ2n) is 6.39. The van der Waals surface area contributed by atoms with Gasteiger partial charge >= 0.3 is 0 Å². The molecule has 0 radical (unpaired) electrons. The zero-order valence-corrected chi connectivity index (χ0v) is 17.3. The van der Waals surface area contributed by atoms with Crippen LogP contribution in [0, 0.1) is 0 Å². The van der Waals surface area contributed by atoms with Crippen LogP contribution in [-0.4, -0.2) is 41.6 Å². The Morgan fingerprint density at radius 2 is 1.68 bits per heavy atom. The number of nitrogens with zero attached hydrogens (tertiary/aromatic N) is 1. The molecule has 0 bridgehead atoms. The van der Waals surface area contributed by atoms with Crippen LogP contribution < -0.4 is 19.7 Å². The quantitative estimate of drug-likeness (QED) is 0.632. The van der Waals surface area contributed by atoms with Crippen LogP contribution in [-0.2, 0) is 21.4 Å². The smallest absolute Gasteiger partial charge is 0.240 e. The first kappa shape index (κ1) is 21.7. The van der Waals surface area contributed by atoms with Crippen LogP contribution in [0.4, 0.5) is 5.69 Å². The Morgan fingerprint density at radius 1 is 1.04 bits per heavy atom. The standard InChI is InChI=1S/C20H27N3O4S/c1-4-27-18-9-11-19(12-10-18)28(25,26)22-14-13-20(24)21-15-16-5-7-17(8-6-16)23(2)3/h5-12,22H,4,13-15H2,1-3H3,(H,21,24). The molecule has 2 aromatic rings. The summed E-state index contributed by atoms with van der Waals surface area (Å²) in [5.74, 6) is 0.394. The van der Waals surface area contributed by atoms with Gasteiger partial charge in [-0.25, -0.2) is 13.1 Å². The van der Waals surface area contributed by atoms with Gasteiger partial charge in [-0.15, -0.1) is 0 Å². The highest BCUT2D eigenvalue weighted by atomic mass is 32.2. The van der Waals surface area contributed by atoms with Crippen LogP contribution in [0.25, 0.3) is 0 Å². The Morgan fingerprint density at radius 3 is 2.25 bits per heavy atom. The molecule has 0 aliphatic heterocycles. The number of carbonyl (C=O) groups is 1. The summed E-state index contributed by atoms with van der Waals surface area (Å²) in [4.78, 5) is 14.1. The van der Waals surface area contributed by atoms with Crippen LogP contribution >= 0.6 is 0 Å². The molecule has 28 heavy (non-hydrogen) atoms. The van der Waals surface area contributed by atoms with Gasteiger partial charge in [0.05, 0.1) is 11.5 Å². The molecule has 152 valence electrons. The number of nitrogens with one attached hydrogen (secondary N) is 2. The zero-order chi connectivity index (χ0) is 20.6. The fraction of sp³-hybridized carbons (Fsp3) is 0.350. The van der Waals surface area contributed by atoms with E-state index in [-0.39, 0.29) is 23.8 Å². The zero-order valence-electron chi connectivity index (χ0n) is 16.4. The lowest BCUT2D eigenvalue weighted by molar-refractivity contribution is -0.121. The molecule has 2 aromatic carbocycles. The summed E-state index contributed by atoms with van der Waals surface area (Å²) in [6.45, 7) is 2.80. The number of hydrogen-bond donors (Lipinski definition) is 2. The van der Waals surface area contributed by atoms with Crippen molar-refractivity contribution >= 4 is 21.6 Å². The van der Waals surface area contributed by atoms with Crippen LogP contribution in [0.2, 0.25) is 0 Å². The fourth-order valence-electron chi connectivity index (χ4n) is 2.46. The van der Waals surface area contributed by atoms with Gasteiger partial charge in [-0.1, -0.05) is 12.1 Å². The Bertz CT molecular complexity index is 863. The highest BCUT2D eigenvalue weighted by Crippen LogP contribution is 2.16. The van der Waals surface area contributed by atoms with Crippen molar-refractivity contribution in [3.63, 3.8) is 0 Å². The molecular weight excluding hydrogens is 378 g/mol. The van der Waals surface area contributed by atoms with Crippen molar-refractivity contribution in [2.75, 3.05) is 32.1 Å². The van der Waals surface area contributed by atoms with Gasteiger partial charge < -0.3 is 15.0 Å². The molecule has 0 heterocycles. The molecule has 0 unspecified atom stereocenters. The minimum atomic E-state index is -3.66. The topological polar surface area (TPSA) is 87.7 Å². The summed E-state index contributed by atoms with van der Waals surface area (Å²) in [6.07, 6.45) is 0.0615. The Hall–Kier alpha value is -2.58. The maximum absolute atomic E-state index is 12.3. The second kappa shape index (κ2) is 10.1. The Balaban J connectivity index is 1.77. The summed E-state index contributed by atoms with van der Waals surface area (Å²) in [5.41, 5.74) is 2.06. The SMILES string of the molecule is CCOc1ccc(S(=O)(=O)NCCC(=O)NCc2ccc(N(C)C)cc2)cc1. The first-order valence-electron chi connectivity index (χ1n) is 9.07. The lowest BCUT2D eigenvalue weighted by Crippen LogP contribution is -2.30. The van der Waals surface area contributed by atoms with E-state index < -0.39 is 10.0 Å². The van der Waals surface area contributed by atoms with E-state index in [1.165, 1.54) is 12.1 Å². The average Bonchev–Trinajstić information content (AvgIpc) is 2.67. The van der Waals surface area contributed by atoms with Gasteiger partial charge in [-0.05, 0) is 48.9 Å². The van der Waals surface area contributed by atoms with E-state index in [4.69, 9.17) is 4.74 Å². The van der Waals surface area contributed by atoms with E-state index in [0.29, 0.717) is 18.9 Å². The first-order chi connectivity index (χ1) is 13.3. The molecule has 0 atom stereocenters. The molecular formula is C20H27N3O4S. The van der Waals surface area contributed by atoms with E-state index >= 15 is 0 Å². The van der Waals surface area contributed by atoms with E-state index in [9.17, 15) is 13.2 Å².